The van der Waals surface area contributed by atoms with E-state index >= 15 is 0 Å². The van der Waals surface area contributed by atoms with Crippen LogP contribution < -0.4 is 4.74 Å². The molecule has 0 heterocycles. The van der Waals surface area contributed by atoms with Gasteiger partial charge in [-0.15, -0.1) is 6.42 Å². The van der Waals surface area contributed by atoms with Crippen LogP contribution in [0, 0.1) is 12.3 Å². The van der Waals surface area contributed by atoms with E-state index in [4.69, 9.17) is 15.9 Å². The van der Waals surface area contributed by atoms with Gasteiger partial charge in [0, 0.05) is 5.56 Å². The van der Waals surface area contributed by atoms with Gasteiger partial charge in [0.1, 0.15) is 11.3 Å². The number of terminal acetylenes is 1. The van der Waals surface area contributed by atoms with E-state index < -0.39 is 11.8 Å². The SMILES string of the molecule is C#CCOC(=O)C(=Cc1ccccc1OC)C(C)=O. The van der Waals surface area contributed by atoms with Crippen LogP contribution in [0.1, 0.15) is 12.5 Å². The smallest absolute Gasteiger partial charge is 0.342 e. The quantitative estimate of drug-likeness (QED) is 0.266. The van der Waals surface area contributed by atoms with Gasteiger partial charge in [-0.2, -0.15) is 0 Å². The molecule has 0 saturated carbocycles. The molecule has 0 bridgehead atoms. The zero-order valence-electron chi connectivity index (χ0n) is 10.8. The number of methoxy groups -OCH3 is 1. The molecule has 0 radical (unpaired) electrons. The summed E-state index contributed by atoms with van der Waals surface area (Å²) < 4.78 is 9.90. The van der Waals surface area contributed by atoms with Gasteiger partial charge in [0.2, 0.25) is 0 Å². The summed E-state index contributed by atoms with van der Waals surface area (Å²) in [4.78, 5) is 23.2. The number of carbonyl (C=O) groups excluding carboxylic acids is 2. The summed E-state index contributed by atoms with van der Waals surface area (Å²) in [7, 11) is 1.51. The van der Waals surface area contributed by atoms with Gasteiger partial charge in [0.25, 0.3) is 0 Å². The Hall–Kier alpha value is -2.54. The van der Waals surface area contributed by atoms with Crippen molar-refractivity contribution in [3.8, 4) is 18.1 Å². The number of benzene rings is 1. The molecule has 0 atom stereocenters. The lowest BCUT2D eigenvalue weighted by Crippen LogP contribution is -2.13. The van der Waals surface area contributed by atoms with Gasteiger partial charge in [-0.05, 0) is 19.1 Å². The van der Waals surface area contributed by atoms with Gasteiger partial charge >= 0.3 is 5.97 Å². The van der Waals surface area contributed by atoms with Crippen LogP contribution in [0.2, 0.25) is 0 Å². The fourth-order valence-electron chi connectivity index (χ4n) is 1.43. The molecule has 0 fully saturated rings. The zero-order chi connectivity index (χ0) is 14.3. The molecule has 1 aromatic carbocycles. The molecule has 0 aliphatic heterocycles. The molecular formula is C15H14O4. The van der Waals surface area contributed by atoms with Crippen molar-refractivity contribution in [1.82, 2.24) is 0 Å². The summed E-state index contributed by atoms with van der Waals surface area (Å²) in [5.74, 6) is 1.60. The van der Waals surface area contributed by atoms with Gasteiger partial charge < -0.3 is 9.47 Å². The molecule has 0 saturated heterocycles. The van der Waals surface area contributed by atoms with Gasteiger partial charge in [-0.1, -0.05) is 24.1 Å². The largest absolute Gasteiger partial charge is 0.496 e. The molecule has 4 nitrogen and oxygen atoms in total. The molecule has 0 aliphatic rings. The lowest BCUT2D eigenvalue weighted by molar-refractivity contribution is -0.138. The molecule has 0 unspecified atom stereocenters. The average Bonchev–Trinajstić information content (AvgIpc) is 2.42. The monoisotopic (exact) mass is 258 g/mol. The molecule has 98 valence electrons. The first-order chi connectivity index (χ1) is 9.10. The summed E-state index contributed by atoms with van der Waals surface area (Å²) in [6.07, 6.45) is 6.43. The molecule has 19 heavy (non-hydrogen) atoms. The maximum atomic E-state index is 11.7. The van der Waals surface area contributed by atoms with Gasteiger partial charge in [0.15, 0.2) is 12.4 Å². The van der Waals surface area contributed by atoms with Gasteiger partial charge in [0.05, 0.1) is 7.11 Å². The van der Waals surface area contributed by atoms with Crippen molar-refractivity contribution < 1.29 is 19.1 Å². The Morgan fingerprint density at radius 2 is 2.05 bits per heavy atom. The van der Waals surface area contributed by atoms with Gasteiger partial charge in [-0.3, -0.25) is 4.79 Å². The van der Waals surface area contributed by atoms with Crippen molar-refractivity contribution in [2.45, 2.75) is 6.92 Å². The summed E-state index contributed by atoms with van der Waals surface area (Å²) in [6.45, 7) is 1.12. The van der Waals surface area contributed by atoms with Crippen LogP contribution in [0.4, 0.5) is 0 Å². The van der Waals surface area contributed by atoms with Crippen LogP contribution in [0.5, 0.6) is 5.75 Å². The van der Waals surface area contributed by atoms with E-state index in [0.717, 1.165) is 0 Å². The number of rotatable bonds is 5. The van der Waals surface area contributed by atoms with E-state index in [1.807, 2.05) is 0 Å². The third kappa shape index (κ3) is 4.00. The number of Topliss-reactive ketones (excluding diaryl/α,β-unsaturated/α-hetero) is 1. The van der Waals surface area contributed by atoms with Crippen LogP contribution in [-0.4, -0.2) is 25.5 Å². The molecule has 1 aromatic rings. The zero-order valence-corrected chi connectivity index (χ0v) is 10.8. The minimum absolute atomic E-state index is 0.0697. The number of ether oxygens (including phenoxy) is 2. The average molecular weight is 258 g/mol. The Morgan fingerprint density at radius 1 is 1.37 bits per heavy atom. The van der Waals surface area contributed by atoms with E-state index in [1.54, 1.807) is 24.3 Å². The minimum atomic E-state index is -0.739. The second-order valence-electron chi connectivity index (χ2n) is 3.64. The second-order valence-corrected chi connectivity index (χ2v) is 3.64. The standard InChI is InChI=1S/C15H14O4/c1-4-9-19-15(17)13(11(2)16)10-12-7-5-6-8-14(12)18-3/h1,5-8,10H,9H2,2-3H3. The van der Waals surface area contributed by atoms with Crippen LogP contribution in [0.3, 0.4) is 0 Å². The molecule has 4 heteroatoms. The van der Waals surface area contributed by atoms with E-state index in [-0.39, 0.29) is 12.2 Å². The minimum Gasteiger partial charge on any atom is -0.496 e. The lowest BCUT2D eigenvalue weighted by Gasteiger charge is -2.06. The summed E-state index contributed by atoms with van der Waals surface area (Å²) >= 11 is 0. The normalized spacial score (nSPS) is 10.5. The second kappa shape index (κ2) is 7.02. The Morgan fingerprint density at radius 3 is 2.63 bits per heavy atom. The van der Waals surface area contributed by atoms with E-state index in [1.165, 1.54) is 20.1 Å². The van der Waals surface area contributed by atoms with Crippen LogP contribution >= 0.6 is 0 Å². The number of hydrogen-bond donors (Lipinski definition) is 0. The maximum Gasteiger partial charge on any atom is 0.342 e. The molecule has 1 rings (SSSR count). The highest BCUT2D eigenvalue weighted by Gasteiger charge is 2.16. The van der Waals surface area contributed by atoms with E-state index in [0.29, 0.717) is 11.3 Å². The third-order valence-corrected chi connectivity index (χ3v) is 2.32. The predicted octanol–water partition coefficient (Wildman–Crippen LogP) is 1.84. The summed E-state index contributed by atoms with van der Waals surface area (Å²) in [5.41, 5.74) is 0.549. The Balaban J connectivity index is 3.12. The van der Waals surface area contributed by atoms with E-state index in [2.05, 4.69) is 5.92 Å². The summed E-state index contributed by atoms with van der Waals surface area (Å²) in [6, 6.07) is 7.03. The predicted molar refractivity (Wildman–Crippen MR) is 71.4 cm³/mol. The van der Waals surface area contributed by atoms with Crippen LogP contribution in [0.15, 0.2) is 29.8 Å². The number of para-hydroxylation sites is 1. The molecule has 0 spiro atoms. The first-order valence-electron chi connectivity index (χ1n) is 5.56. The number of carbonyl (C=O) groups is 2. The Labute approximate surface area is 112 Å². The van der Waals surface area contributed by atoms with Crippen molar-refractivity contribution in [1.29, 1.82) is 0 Å². The van der Waals surface area contributed by atoms with Crippen molar-refractivity contribution in [3.05, 3.63) is 35.4 Å². The van der Waals surface area contributed by atoms with Crippen molar-refractivity contribution in [2.24, 2.45) is 0 Å². The highest BCUT2D eigenvalue weighted by molar-refractivity contribution is 6.19. The maximum absolute atomic E-state index is 11.7. The number of ketones is 1. The fourth-order valence-corrected chi connectivity index (χ4v) is 1.43. The van der Waals surface area contributed by atoms with Crippen LogP contribution in [0.25, 0.3) is 6.08 Å². The highest BCUT2D eigenvalue weighted by Crippen LogP contribution is 2.21. The van der Waals surface area contributed by atoms with Gasteiger partial charge in [-0.25, -0.2) is 4.79 Å². The topological polar surface area (TPSA) is 52.6 Å². The number of esters is 1. The van der Waals surface area contributed by atoms with Crippen molar-refractivity contribution in [3.63, 3.8) is 0 Å². The highest BCUT2D eigenvalue weighted by atomic mass is 16.5. The molecule has 0 N–H and O–H groups in total. The fraction of sp³-hybridized carbons (Fsp3) is 0.200. The summed E-state index contributed by atoms with van der Waals surface area (Å²) in [5, 5.41) is 0. The molecule has 0 aliphatic carbocycles. The third-order valence-electron chi connectivity index (χ3n) is 2.32. The molecule has 0 amide bonds. The first kappa shape index (κ1) is 14.5. The van der Waals surface area contributed by atoms with Crippen molar-refractivity contribution >= 4 is 17.8 Å². The molecule has 0 aromatic heterocycles. The van der Waals surface area contributed by atoms with Crippen LogP contribution in [-0.2, 0) is 14.3 Å². The Kier molecular flexibility index (Phi) is 5.36. The molecular weight excluding hydrogens is 244 g/mol. The first-order valence-corrected chi connectivity index (χ1v) is 5.56. The van der Waals surface area contributed by atoms with E-state index in [9.17, 15) is 9.59 Å². The Bertz CT molecular complexity index is 550. The lowest BCUT2D eigenvalue weighted by atomic mass is 10.1. The number of hydrogen-bond acceptors (Lipinski definition) is 4. The van der Waals surface area contributed by atoms with Crippen molar-refractivity contribution in [2.75, 3.05) is 13.7 Å².